The number of carbonyl (C=O) groups excluding carboxylic acids is 3. The van der Waals surface area contributed by atoms with Gasteiger partial charge in [-0.3, -0.25) is 14.4 Å². The van der Waals surface area contributed by atoms with Gasteiger partial charge in [0.1, 0.15) is 6.04 Å². The predicted molar refractivity (Wildman–Crippen MR) is 132 cm³/mol. The molecule has 0 saturated carbocycles. The number of methoxy groups -OCH3 is 2. The topological polar surface area (TPSA) is 120 Å². The lowest BCUT2D eigenvalue weighted by Gasteiger charge is -2.40. The molecule has 0 aromatic heterocycles. The van der Waals surface area contributed by atoms with Crippen LogP contribution in [-0.4, -0.2) is 54.7 Å². The van der Waals surface area contributed by atoms with Gasteiger partial charge in [-0.1, -0.05) is 34.6 Å². The van der Waals surface area contributed by atoms with Crippen LogP contribution >= 0.6 is 0 Å². The molecule has 0 heterocycles. The number of rotatable bonds is 16. The Labute approximate surface area is 201 Å². The molecule has 4 N–H and O–H groups in total. The van der Waals surface area contributed by atoms with Crippen molar-refractivity contribution in [3.05, 3.63) is 0 Å². The Balaban J connectivity index is 5.76. The summed E-state index contributed by atoms with van der Waals surface area (Å²) in [6.45, 7) is 15.7. The molecule has 5 unspecified atom stereocenters. The predicted octanol–water partition coefficient (Wildman–Crippen LogP) is 3.46. The molecule has 0 aromatic rings. The van der Waals surface area contributed by atoms with Gasteiger partial charge in [0.25, 0.3) is 0 Å². The van der Waals surface area contributed by atoms with Crippen LogP contribution in [0.25, 0.3) is 0 Å². The fraction of sp³-hybridized carbons (Fsp3) is 0.880. The highest BCUT2D eigenvalue weighted by molar-refractivity contribution is 5.93. The minimum Gasteiger partial charge on any atom is -0.379 e. The average molecular weight is 472 g/mol. The molecule has 0 aliphatic heterocycles. The Morgan fingerprint density at radius 1 is 0.818 bits per heavy atom. The number of primary amides is 1. The molecule has 0 spiro atoms. The molecule has 0 aromatic carbocycles. The van der Waals surface area contributed by atoms with Gasteiger partial charge in [0.15, 0.2) is 0 Å². The summed E-state index contributed by atoms with van der Waals surface area (Å²) >= 11 is 0. The van der Waals surface area contributed by atoms with Crippen LogP contribution in [-0.2, 0) is 23.9 Å². The summed E-state index contributed by atoms with van der Waals surface area (Å²) in [5.74, 6) is -1.38. The highest BCUT2D eigenvalue weighted by Crippen LogP contribution is 2.36. The molecule has 194 valence electrons. The number of nitrogens with one attached hydrogen (secondary N) is 2. The molecule has 0 radical (unpaired) electrons. The van der Waals surface area contributed by atoms with Crippen LogP contribution < -0.4 is 16.4 Å². The summed E-state index contributed by atoms with van der Waals surface area (Å²) in [5, 5.41) is 5.86. The van der Waals surface area contributed by atoms with Gasteiger partial charge in [0.05, 0.1) is 17.6 Å². The molecule has 8 nitrogen and oxygen atoms in total. The second-order valence-corrected chi connectivity index (χ2v) is 10.4. The first-order chi connectivity index (χ1) is 15.1. The SMILES string of the molecule is CCC(C)(CC(C)(CC)OC)NC(=O)C(CC(N)=O)NC(=O)C(C)(CC)CC(C)(CC)OC. The van der Waals surface area contributed by atoms with Crippen LogP contribution in [0.5, 0.6) is 0 Å². The van der Waals surface area contributed by atoms with E-state index in [2.05, 4.69) is 10.6 Å². The first kappa shape index (κ1) is 31.3. The Kier molecular flexibility index (Phi) is 12.1. The van der Waals surface area contributed by atoms with Crippen LogP contribution in [0.3, 0.4) is 0 Å². The standard InChI is InChI=1S/C25H49N3O5/c1-11-22(5,16-24(7,13-3)32-9)21(31)27-18(15-19(26)29)20(30)28-23(6,12-2)17-25(8,14-4)33-10/h18H,11-17H2,1-10H3,(H2,26,29)(H,27,31)(H,28,30). The van der Waals surface area contributed by atoms with Crippen molar-refractivity contribution in [2.45, 2.75) is 123 Å². The third-order valence-corrected chi connectivity index (χ3v) is 7.57. The van der Waals surface area contributed by atoms with E-state index in [1.807, 2.05) is 55.4 Å². The van der Waals surface area contributed by atoms with E-state index in [1.165, 1.54) is 0 Å². The molecule has 0 bridgehead atoms. The van der Waals surface area contributed by atoms with Gasteiger partial charge in [-0.15, -0.1) is 0 Å². The molecule has 0 aliphatic rings. The van der Waals surface area contributed by atoms with Crippen molar-refractivity contribution in [3.8, 4) is 0 Å². The number of hydrogen-bond acceptors (Lipinski definition) is 5. The summed E-state index contributed by atoms with van der Waals surface area (Å²) in [7, 11) is 3.30. The first-order valence-electron chi connectivity index (χ1n) is 12.1. The minimum atomic E-state index is -1.06. The van der Waals surface area contributed by atoms with Crippen LogP contribution in [0.2, 0.25) is 0 Å². The zero-order valence-corrected chi connectivity index (χ0v) is 22.6. The molecule has 0 fully saturated rings. The summed E-state index contributed by atoms with van der Waals surface area (Å²) in [6, 6.07) is -1.06. The lowest BCUT2D eigenvalue weighted by Crippen LogP contribution is -2.58. The second kappa shape index (κ2) is 12.7. The van der Waals surface area contributed by atoms with E-state index in [9.17, 15) is 14.4 Å². The number of ether oxygens (including phenoxy) is 2. The van der Waals surface area contributed by atoms with E-state index in [0.29, 0.717) is 25.7 Å². The summed E-state index contributed by atoms with van der Waals surface area (Å²) in [4.78, 5) is 38.3. The van der Waals surface area contributed by atoms with Gasteiger partial charge in [-0.25, -0.2) is 0 Å². The molecule has 0 aliphatic carbocycles. The lowest BCUT2D eigenvalue weighted by atomic mass is 9.75. The van der Waals surface area contributed by atoms with Gasteiger partial charge in [0, 0.05) is 25.2 Å². The fourth-order valence-corrected chi connectivity index (χ4v) is 4.08. The van der Waals surface area contributed by atoms with Crippen molar-refractivity contribution in [3.63, 3.8) is 0 Å². The van der Waals surface area contributed by atoms with E-state index in [1.54, 1.807) is 14.2 Å². The zero-order valence-electron chi connectivity index (χ0n) is 22.6. The molecular formula is C25H49N3O5. The summed E-state index contributed by atoms with van der Waals surface area (Å²) in [5.41, 5.74) is 3.18. The van der Waals surface area contributed by atoms with Gasteiger partial charge in [-0.05, 0) is 59.3 Å². The summed E-state index contributed by atoms with van der Waals surface area (Å²) in [6.07, 6.45) is 3.52. The van der Waals surface area contributed by atoms with Crippen molar-refractivity contribution in [2.75, 3.05) is 14.2 Å². The number of hydrogen-bond donors (Lipinski definition) is 3. The Morgan fingerprint density at radius 3 is 1.67 bits per heavy atom. The van der Waals surface area contributed by atoms with Crippen molar-refractivity contribution in [2.24, 2.45) is 11.1 Å². The van der Waals surface area contributed by atoms with Crippen molar-refractivity contribution >= 4 is 17.7 Å². The molecule has 3 amide bonds. The molecule has 0 rings (SSSR count). The van der Waals surface area contributed by atoms with Crippen LogP contribution in [0, 0.1) is 5.41 Å². The highest BCUT2D eigenvalue weighted by atomic mass is 16.5. The van der Waals surface area contributed by atoms with E-state index >= 15 is 0 Å². The van der Waals surface area contributed by atoms with Crippen LogP contribution in [0.1, 0.15) is 100 Å². The van der Waals surface area contributed by atoms with E-state index in [4.69, 9.17) is 15.2 Å². The molecule has 8 heteroatoms. The zero-order chi connectivity index (χ0) is 26.1. The molecule has 33 heavy (non-hydrogen) atoms. The smallest absolute Gasteiger partial charge is 0.243 e. The van der Waals surface area contributed by atoms with Crippen molar-refractivity contribution in [1.82, 2.24) is 10.6 Å². The quantitative estimate of drug-likeness (QED) is 0.318. The molecular weight excluding hydrogens is 422 g/mol. The Bertz CT molecular complexity index is 660. The molecule has 5 atom stereocenters. The van der Waals surface area contributed by atoms with Gasteiger partial charge >= 0.3 is 0 Å². The van der Waals surface area contributed by atoms with E-state index in [0.717, 1.165) is 12.8 Å². The van der Waals surface area contributed by atoms with Crippen molar-refractivity contribution < 1.29 is 23.9 Å². The Hall–Kier alpha value is -1.67. The number of nitrogens with two attached hydrogens (primary N) is 1. The van der Waals surface area contributed by atoms with Gasteiger partial charge in [-0.2, -0.15) is 0 Å². The van der Waals surface area contributed by atoms with Gasteiger partial charge < -0.3 is 25.8 Å². The lowest BCUT2D eigenvalue weighted by molar-refractivity contribution is -0.140. The number of amides is 3. The van der Waals surface area contributed by atoms with Gasteiger partial charge in [0.2, 0.25) is 17.7 Å². The fourth-order valence-electron chi connectivity index (χ4n) is 4.08. The third kappa shape index (κ3) is 9.24. The Morgan fingerprint density at radius 2 is 1.30 bits per heavy atom. The van der Waals surface area contributed by atoms with E-state index in [-0.39, 0.29) is 12.3 Å². The normalized spacial score (nSPS) is 19.8. The maximum Gasteiger partial charge on any atom is 0.243 e. The van der Waals surface area contributed by atoms with Crippen LogP contribution in [0.15, 0.2) is 0 Å². The molecule has 0 saturated heterocycles. The van der Waals surface area contributed by atoms with Crippen LogP contribution in [0.4, 0.5) is 0 Å². The number of carbonyl (C=O) groups is 3. The second-order valence-electron chi connectivity index (χ2n) is 10.4. The monoisotopic (exact) mass is 471 g/mol. The summed E-state index contributed by atoms with van der Waals surface area (Å²) < 4.78 is 11.3. The minimum absolute atomic E-state index is 0.276. The van der Waals surface area contributed by atoms with E-state index < -0.39 is 40.0 Å². The maximum absolute atomic E-state index is 13.3. The maximum atomic E-state index is 13.3. The average Bonchev–Trinajstić information content (AvgIpc) is 2.77. The highest BCUT2D eigenvalue weighted by Gasteiger charge is 2.41. The largest absolute Gasteiger partial charge is 0.379 e. The van der Waals surface area contributed by atoms with Crippen molar-refractivity contribution in [1.29, 1.82) is 0 Å². The first-order valence-corrected chi connectivity index (χ1v) is 12.1. The third-order valence-electron chi connectivity index (χ3n) is 7.57.